The third-order valence-corrected chi connectivity index (χ3v) is 2.29. The average molecular weight is 221 g/mol. The molecule has 0 bridgehead atoms. The molecule has 0 atom stereocenters. The first-order valence-corrected chi connectivity index (χ1v) is 4.79. The first kappa shape index (κ1) is 9.93. The van der Waals surface area contributed by atoms with E-state index < -0.39 is 0 Å². The molecule has 0 amide bonds. The van der Waals surface area contributed by atoms with Gasteiger partial charge in [-0.05, 0) is 23.8 Å². The normalized spacial score (nSPS) is 10.0. The molecule has 0 N–H and O–H groups in total. The smallest absolute Gasteiger partial charge is 0.232 e. The van der Waals surface area contributed by atoms with Crippen LogP contribution in [-0.4, -0.2) is 17.1 Å². The number of pyridine rings is 2. The molecule has 2 aromatic rings. The van der Waals surface area contributed by atoms with Gasteiger partial charge in [0, 0.05) is 24.2 Å². The van der Waals surface area contributed by atoms with Crippen LogP contribution < -0.4 is 4.74 Å². The van der Waals surface area contributed by atoms with Crippen LogP contribution in [0.5, 0.6) is 5.88 Å². The number of hydrogen-bond acceptors (Lipinski definition) is 3. The number of methoxy groups -OCH3 is 1. The number of aromatic nitrogens is 2. The molecular formula is C11H9ClN2O. The zero-order chi connectivity index (χ0) is 10.7. The zero-order valence-electron chi connectivity index (χ0n) is 8.14. The minimum Gasteiger partial charge on any atom is -0.480 e. The van der Waals surface area contributed by atoms with Crippen molar-refractivity contribution in [3.8, 4) is 17.0 Å². The zero-order valence-corrected chi connectivity index (χ0v) is 8.90. The Morgan fingerprint density at radius 1 is 1.20 bits per heavy atom. The highest BCUT2D eigenvalue weighted by atomic mass is 35.5. The van der Waals surface area contributed by atoms with Crippen molar-refractivity contribution in [3.05, 3.63) is 41.8 Å². The first-order chi connectivity index (χ1) is 7.31. The molecule has 0 aliphatic carbocycles. The number of hydrogen-bond donors (Lipinski definition) is 0. The lowest BCUT2D eigenvalue weighted by Gasteiger charge is -2.04. The van der Waals surface area contributed by atoms with Crippen molar-refractivity contribution < 1.29 is 4.74 Å². The summed E-state index contributed by atoms with van der Waals surface area (Å²) in [6.07, 6.45) is 5.18. The van der Waals surface area contributed by atoms with E-state index in [-0.39, 0.29) is 0 Å². The van der Waals surface area contributed by atoms with E-state index in [0.717, 1.165) is 11.1 Å². The molecule has 0 fully saturated rings. The molecule has 15 heavy (non-hydrogen) atoms. The summed E-state index contributed by atoms with van der Waals surface area (Å²) in [4.78, 5) is 8.05. The summed E-state index contributed by atoms with van der Waals surface area (Å²) in [5.41, 5.74) is 1.98. The Kier molecular flexibility index (Phi) is 2.83. The highest BCUT2D eigenvalue weighted by molar-refractivity contribution is 6.32. The van der Waals surface area contributed by atoms with E-state index >= 15 is 0 Å². The molecule has 0 radical (unpaired) electrons. The molecule has 0 aliphatic rings. The summed E-state index contributed by atoms with van der Waals surface area (Å²) < 4.78 is 4.98. The Bertz CT molecular complexity index is 459. The van der Waals surface area contributed by atoms with Crippen LogP contribution >= 0.6 is 11.6 Å². The maximum absolute atomic E-state index is 5.98. The standard InChI is InChI=1S/C11H9ClN2O/c1-15-11-10(12)6-9(7-14-11)8-2-4-13-5-3-8/h2-7H,1H3. The van der Waals surface area contributed by atoms with E-state index in [2.05, 4.69) is 9.97 Å². The van der Waals surface area contributed by atoms with Gasteiger partial charge >= 0.3 is 0 Å². The van der Waals surface area contributed by atoms with Gasteiger partial charge in [0.2, 0.25) is 5.88 Å². The van der Waals surface area contributed by atoms with Crippen molar-refractivity contribution in [1.29, 1.82) is 0 Å². The van der Waals surface area contributed by atoms with Crippen LogP contribution in [0.1, 0.15) is 0 Å². The lowest BCUT2D eigenvalue weighted by atomic mass is 10.1. The third kappa shape index (κ3) is 2.07. The van der Waals surface area contributed by atoms with Crippen LogP contribution in [0.25, 0.3) is 11.1 Å². The number of rotatable bonds is 2. The molecule has 0 saturated carbocycles. The highest BCUT2D eigenvalue weighted by Crippen LogP contribution is 2.27. The molecule has 3 nitrogen and oxygen atoms in total. The van der Waals surface area contributed by atoms with Gasteiger partial charge in [0.05, 0.1) is 7.11 Å². The van der Waals surface area contributed by atoms with Gasteiger partial charge in [-0.15, -0.1) is 0 Å². The Balaban J connectivity index is 2.43. The van der Waals surface area contributed by atoms with Gasteiger partial charge in [-0.3, -0.25) is 4.98 Å². The highest BCUT2D eigenvalue weighted by Gasteiger charge is 2.04. The maximum Gasteiger partial charge on any atom is 0.232 e. The predicted octanol–water partition coefficient (Wildman–Crippen LogP) is 2.81. The van der Waals surface area contributed by atoms with Crippen LogP contribution in [0, 0.1) is 0 Å². The van der Waals surface area contributed by atoms with E-state index in [9.17, 15) is 0 Å². The lowest BCUT2D eigenvalue weighted by Crippen LogP contribution is -1.89. The fourth-order valence-corrected chi connectivity index (χ4v) is 1.52. The molecule has 2 heterocycles. The van der Waals surface area contributed by atoms with Crippen molar-refractivity contribution in [3.63, 3.8) is 0 Å². The largest absolute Gasteiger partial charge is 0.480 e. The quantitative estimate of drug-likeness (QED) is 0.781. The van der Waals surface area contributed by atoms with Gasteiger partial charge in [0.15, 0.2) is 0 Å². The Morgan fingerprint density at radius 2 is 1.93 bits per heavy atom. The maximum atomic E-state index is 5.98. The van der Waals surface area contributed by atoms with E-state index in [4.69, 9.17) is 16.3 Å². The summed E-state index contributed by atoms with van der Waals surface area (Å²) >= 11 is 5.98. The minimum absolute atomic E-state index is 0.439. The second-order valence-corrected chi connectivity index (χ2v) is 3.36. The van der Waals surface area contributed by atoms with Crippen LogP contribution in [0.2, 0.25) is 5.02 Å². The third-order valence-electron chi connectivity index (χ3n) is 2.01. The van der Waals surface area contributed by atoms with Gasteiger partial charge < -0.3 is 4.74 Å². The Hall–Kier alpha value is -1.61. The molecule has 4 heteroatoms. The van der Waals surface area contributed by atoms with Crippen molar-refractivity contribution in [2.75, 3.05) is 7.11 Å². The average Bonchev–Trinajstić information content (AvgIpc) is 2.30. The molecule has 2 rings (SSSR count). The summed E-state index contributed by atoms with van der Waals surface area (Å²) in [7, 11) is 1.54. The van der Waals surface area contributed by atoms with Crippen LogP contribution in [0.15, 0.2) is 36.8 Å². The molecule has 0 aromatic carbocycles. The fourth-order valence-electron chi connectivity index (χ4n) is 1.28. The van der Waals surface area contributed by atoms with E-state index in [1.54, 1.807) is 25.7 Å². The van der Waals surface area contributed by atoms with E-state index in [1.807, 2.05) is 18.2 Å². The topological polar surface area (TPSA) is 35.0 Å². The monoisotopic (exact) mass is 220 g/mol. The Labute approximate surface area is 92.7 Å². The lowest BCUT2D eigenvalue weighted by molar-refractivity contribution is 0.398. The second-order valence-electron chi connectivity index (χ2n) is 2.95. The molecule has 0 unspecified atom stereocenters. The van der Waals surface area contributed by atoms with Crippen molar-refractivity contribution in [2.45, 2.75) is 0 Å². The number of halogens is 1. The van der Waals surface area contributed by atoms with Crippen molar-refractivity contribution >= 4 is 11.6 Å². The molecule has 76 valence electrons. The number of ether oxygens (including phenoxy) is 1. The summed E-state index contributed by atoms with van der Waals surface area (Å²) in [5, 5.41) is 0.506. The summed E-state index contributed by atoms with van der Waals surface area (Å²) in [6, 6.07) is 5.63. The number of nitrogens with zero attached hydrogens (tertiary/aromatic N) is 2. The van der Waals surface area contributed by atoms with Crippen molar-refractivity contribution in [2.24, 2.45) is 0 Å². The second kappa shape index (κ2) is 4.28. The van der Waals surface area contributed by atoms with Crippen LogP contribution in [-0.2, 0) is 0 Å². The molecule has 0 aliphatic heterocycles. The van der Waals surface area contributed by atoms with Crippen molar-refractivity contribution in [1.82, 2.24) is 9.97 Å². The minimum atomic E-state index is 0.439. The predicted molar refractivity (Wildman–Crippen MR) is 59.0 cm³/mol. The summed E-state index contributed by atoms with van der Waals surface area (Å²) in [5.74, 6) is 0.439. The van der Waals surface area contributed by atoms with E-state index in [0.29, 0.717) is 10.9 Å². The van der Waals surface area contributed by atoms with Gasteiger partial charge in [-0.25, -0.2) is 4.98 Å². The molecule has 2 aromatic heterocycles. The first-order valence-electron chi connectivity index (χ1n) is 4.41. The SMILES string of the molecule is COc1ncc(-c2ccncc2)cc1Cl. The molecular weight excluding hydrogens is 212 g/mol. The van der Waals surface area contributed by atoms with Crippen LogP contribution in [0.3, 0.4) is 0 Å². The van der Waals surface area contributed by atoms with Gasteiger partial charge in [0.25, 0.3) is 0 Å². The van der Waals surface area contributed by atoms with Crippen LogP contribution in [0.4, 0.5) is 0 Å². The van der Waals surface area contributed by atoms with Gasteiger partial charge in [-0.1, -0.05) is 11.6 Å². The fraction of sp³-hybridized carbons (Fsp3) is 0.0909. The van der Waals surface area contributed by atoms with E-state index in [1.165, 1.54) is 0 Å². The molecule has 0 spiro atoms. The molecule has 0 saturated heterocycles. The van der Waals surface area contributed by atoms with Gasteiger partial charge in [0.1, 0.15) is 5.02 Å². The van der Waals surface area contributed by atoms with Gasteiger partial charge in [-0.2, -0.15) is 0 Å². The Morgan fingerprint density at radius 3 is 2.53 bits per heavy atom. The summed E-state index contributed by atoms with van der Waals surface area (Å²) in [6.45, 7) is 0.